The number of aliphatic hydroxyl groups is 1. The number of aliphatic hydroxyl groups excluding tert-OH is 1. The molecule has 0 saturated carbocycles. The van der Waals surface area contributed by atoms with Gasteiger partial charge in [-0.2, -0.15) is 0 Å². The molecule has 4 nitrogen and oxygen atoms in total. The SMILES string of the molecule is CC(C)c1ccc(OCC(O)CN2CCN(c3ccc(F)cc3)CC2)cc1. The molecule has 27 heavy (non-hydrogen) atoms. The van der Waals surface area contributed by atoms with E-state index in [1.54, 1.807) is 0 Å². The van der Waals surface area contributed by atoms with Crippen molar-refractivity contribution in [3.8, 4) is 5.75 Å². The Hall–Kier alpha value is -2.11. The van der Waals surface area contributed by atoms with Gasteiger partial charge in [-0.3, -0.25) is 4.90 Å². The van der Waals surface area contributed by atoms with Crippen LogP contribution in [-0.2, 0) is 0 Å². The van der Waals surface area contributed by atoms with E-state index in [0.29, 0.717) is 19.1 Å². The number of nitrogens with zero attached hydrogens (tertiary/aromatic N) is 2. The molecule has 146 valence electrons. The van der Waals surface area contributed by atoms with E-state index in [9.17, 15) is 9.50 Å². The van der Waals surface area contributed by atoms with Crippen molar-refractivity contribution in [1.82, 2.24) is 4.90 Å². The number of benzene rings is 2. The third-order valence-electron chi connectivity index (χ3n) is 5.02. The molecule has 1 fully saturated rings. The number of piperazine rings is 1. The summed E-state index contributed by atoms with van der Waals surface area (Å²) in [5.41, 5.74) is 2.33. The first-order valence-corrected chi connectivity index (χ1v) is 9.65. The van der Waals surface area contributed by atoms with Crippen molar-refractivity contribution in [3.63, 3.8) is 0 Å². The molecule has 1 atom stereocenters. The highest BCUT2D eigenvalue weighted by atomic mass is 19.1. The molecule has 1 saturated heterocycles. The van der Waals surface area contributed by atoms with E-state index >= 15 is 0 Å². The lowest BCUT2D eigenvalue weighted by Gasteiger charge is -2.36. The Balaban J connectivity index is 1.40. The molecule has 5 heteroatoms. The average Bonchev–Trinajstić information content (AvgIpc) is 2.68. The quantitative estimate of drug-likeness (QED) is 0.807. The van der Waals surface area contributed by atoms with Gasteiger partial charge < -0.3 is 14.7 Å². The summed E-state index contributed by atoms with van der Waals surface area (Å²) in [6, 6.07) is 14.7. The molecule has 3 rings (SSSR count). The molecular weight excluding hydrogens is 343 g/mol. The topological polar surface area (TPSA) is 35.9 Å². The molecule has 1 aliphatic heterocycles. The molecule has 1 unspecified atom stereocenters. The van der Waals surface area contributed by atoms with Gasteiger partial charge in [-0.15, -0.1) is 0 Å². The van der Waals surface area contributed by atoms with Gasteiger partial charge >= 0.3 is 0 Å². The minimum Gasteiger partial charge on any atom is -0.491 e. The lowest BCUT2D eigenvalue weighted by Crippen LogP contribution is -2.49. The van der Waals surface area contributed by atoms with Crippen LogP contribution in [0.2, 0.25) is 0 Å². The molecule has 0 aliphatic carbocycles. The maximum absolute atomic E-state index is 13.0. The number of hydrogen-bond donors (Lipinski definition) is 1. The minimum atomic E-state index is -0.521. The molecule has 0 bridgehead atoms. The third-order valence-corrected chi connectivity index (χ3v) is 5.02. The molecule has 0 amide bonds. The molecule has 0 aromatic heterocycles. The van der Waals surface area contributed by atoms with E-state index in [-0.39, 0.29) is 5.82 Å². The lowest BCUT2D eigenvalue weighted by molar-refractivity contribution is 0.0663. The van der Waals surface area contributed by atoms with Crippen molar-refractivity contribution < 1.29 is 14.2 Å². The fourth-order valence-electron chi connectivity index (χ4n) is 3.33. The minimum absolute atomic E-state index is 0.209. The summed E-state index contributed by atoms with van der Waals surface area (Å²) in [6.07, 6.45) is -0.521. The van der Waals surface area contributed by atoms with Crippen molar-refractivity contribution in [1.29, 1.82) is 0 Å². The number of β-amino-alcohol motifs (C(OH)–C–C–N with tert-alkyl or cyclic N) is 1. The number of anilines is 1. The van der Waals surface area contributed by atoms with Gasteiger partial charge in [-0.25, -0.2) is 4.39 Å². The van der Waals surface area contributed by atoms with E-state index < -0.39 is 6.10 Å². The molecule has 2 aromatic rings. The van der Waals surface area contributed by atoms with Crippen LogP contribution >= 0.6 is 0 Å². The van der Waals surface area contributed by atoms with E-state index in [2.05, 4.69) is 35.8 Å². The molecule has 1 N–H and O–H groups in total. The average molecular weight is 372 g/mol. The van der Waals surface area contributed by atoms with Crippen molar-refractivity contribution in [2.24, 2.45) is 0 Å². The first-order chi connectivity index (χ1) is 13.0. The van der Waals surface area contributed by atoms with Gasteiger partial charge in [0.15, 0.2) is 0 Å². The Kier molecular flexibility index (Phi) is 6.69. The first-order valence-electron chi connectivity index (χ1n) is 9.65. The molecule has 0 spiro atoms. The second-order valence-electron chi connectivity index (χ2n) is 7.45. The number of rotatable bonds is 7. The Labute approximate surface area is 161 Å². The van der Waals surface area contributed by atoms with Gasteiger partial charge in [0, 0.05) is 38.4 Å². The molecule has 2 aromatic carbocycles. The van der Waals surface area contributed by atoms with Gasteiger partial charge in [0.05, 0.1) is 0 Å². The molecule has 0 radical (unpaired) electrons. The van der Waals surface area contributed by atoms with Gasteiger partial charge in [-0.1, -0.05) is 26.0 Å². The Morgan fingerprint density at radius 3 is 2.19 bits per heavy atom. The number of ether oxygens (including phenoxy) is 1. The van der Waals surface area contributed by atoms with Crippen LogP contribution < -0.4 is 9.64 Å². The van der Waals surface area contributed by atoms with Crippen LogP contribution in [0.15, 0.2) is 48.5 Å². The Bertz CT molecular complexity index is 695. The number of hydrogen-bond acceptors (Lipinski definition) is 4. The van der Waals surface area contributed by atoms with Crippen molar-refractivity contribution in [2.75, 3.05) is 44.2 Å². The van der Waals surface area contributed by atoms with E-state index in [1.807, 2.05) is 24.3 Å². The standard InChI is InChI=1S/C22H29FN2O2/c1-17(2)18-3-9-22(10-4-18)27-16-21(26)15-24-11-13-25(14-12-24)20-7-5-19(23)6-8-20/h3-10,17,21,26H,11-16H2,1-2H3. The van der Waals surface area contributed by atoms with E-state index in [0.717, 1.165) is 37.6 Å². The fourth-order valence-corrected chi connectivity index (χ4v) is 3.33. The summed E-state index contributed by atoms with van der Waals surface area (Å²) < 4.78 is 18.8. The Morgan fingerprint density at radius 1 is 0.963 bits per heavy atom. The van der Waals surface area contributed by atoms with Crippen LogP contribution in [0.4, 0.5) is 10.1 Å². The van der Waals surface area contributed by atoms with Crippen LogP contribution in [-0.4, -0.2) is 55.4 Å². The van der Waals surface area contributed by atoms with E-state index in [4.69, 9.17) is 4.74 Å². The smallest absolute Gasteiger partial charge is 0.123 e. The number of halogens is 1. The van der Waals surface area contributed by atoms with E-state index in [1.165, 1.54) is 17.7 Å². The monoisotopic (exact) mass is 372 g/mol. The predicted octanol–water partition coefficient (Wildman–Crippen LogP) is 3.51. The van der Waals surface area contributed by atoms with Gasteiger partial charge in [0.2, 0.25) is 0 Å². The van der Waals surface area contributed by atoms with Crippen LogP contribution in [0.25, 0.3) is 0 Å². The largest absolute Gasteiger partial charge is 0.491 e. The highest BCUT2D eigenvalue weighted by molar-refractivity contribution is 5.46. The maximum Gasteiger partial charge on any atom is 0.123 e. The molecule has 1 heterocycles. The summed E-state index contributed by atoms with van der Waals surface area (Å²) in [5.74, 6) is 1.08. The van der Waals surface area contributed by atoms with Crippen LogP contribution in [0, 0.1) is 5.82 Å². The molecule has 1 aliphatic rings. The second kappa shape index (κ2) is 9.20. The first kappa shape index (κ1) is 19.6. The van der Waals surface area contributed by atoms with Crippen molar-refractivity contribution in [3.05, 3.63) is 59.9 Å². The van der Waals surface area contributed by atoms with Crippen LogP contribution in [0.1, 0.15) is 25.3 Å². The summed E-state index contributed by atoms with van der Waals surface area (Å²) in [6.45, 7) is 8.70. The lowest BCUT2D eigenvalue weighted by atomic mass is 10.0. The summed E-state index contributed by atoms with van der Waals surface area (Å²) in [7, 11) is 0. The predicted molar refractivity (Wildman–Crippen MR) is 107 cm³/mol. The fraction of sp³-hybridized carbons (Fsp3) is 0.455. The van der Waals surface area contributed by atoms with Crippen LogP contribution in [0.5, 0.6) is 5.75 Å². The third kappa shape index (κ3) is 5.68. The summed E-state index contributed by atoms with van der Waals surface area (Å²) in [5, 5.41) is 10.3. The summed E-state index contributed by atoms with van der Waals surface area (Å²) >= 11 is 0. The zero-order valence-corrected chi connectivity index (χ0v) is 16.1. The maximum atomic E-state index is 13.0. The zero-order valence-electron chi connectivity index (χ0n) is 16.1. The second-order valence-corrected chi connectivity index (χ2v) is 7.45. The highest BCUT2D eigenvalue weighted by Gasteiger charge is 2.19. The van der Waals surface area contributed by atoms with Gasteiger partial charge in [0.25, 0.3) is 0 Å². The highest BCUT2D eigenvalue weighted by Crippen LogP contribution is 2.19. The summed E-state index contributed by atoms with van der Waals surface area (Å²) in [4.78, 5) is 4.49. The van der Waals surface area contributed by atoms with Crippen molar-refractivity contribution >= 4 is 5.69 Å². The van der Waals surface area contributed by atoms with Gasteiger partial charge in [-0.05, 0) is 47.9 Å². The van der Waals surface area contributed by atoms with Crippen molar-refractivity contribution in [2.45, 2.75) is 25.9 Å². The van der Waals surface area contributed by atoms with Crippen LogP contribution in [0.3, 0.4) is 0 Å². The normalized spacial score (nSPS) is 16.6. The van der Waals surface area contributed by atoms with Gasteiger partial charge in [0.1, 0.15) is 24.3 Å². The Morgan fingerprint density at radius 2 is 1.59 bits per heavy atom. The molecular formula is C22H29FN2O2. The zero-order chi connectivity index (χ0) is 19.2.